The Morgan fingerprint density at radius 1 is 1.47 bits per heavy atom. The van der Waals surface area contributed by atoms with Gasteiger partial charge in [-0.2, -0.15) is 0 Å². The molecule has 0 aliphatic rings. The van der Waals surface area contributed by atoms with Crippen LogP contribution in [-0.2, 0) is 4.79 Å². The third-order valence-corrected chi connectivity index (χ3v) is 2.79. The number of nitrogens with zero attached hydrogens (tertiary/aromatic N) is 1. The molecule has 19 heavy (non-hydrogen) atoms. The number of hydrogen-bond donors (Lipinski definition) is 2. The summed E-state index contributed by atoms with van der Waals surface area (Å²) in [5.41, 5.74) is -0.629. The van der Waals surface area contributed by atoms with E-state index in [9.17, 15) is 18.4 Å². The first kappa shape index (κ1) is 15.0. The molecule has 0 unspecified atom stereocenters. The van der Waals surface area contributed by atoms with Crippen LogP contribution in [0.3, 0.4) is 0 Å². The third kappa shape index (κ3) is 3.70. The first-order valence-electron chi connectivity index (χ1n) is 5.71. The summed E-state index contributed by atoms with van der Waals surface area (Å²) in [6.07, 6.45) is 1.22. The summed E-state index contributed by atoms with van der Waals surface area (Å²) in [6, 6.07) is -0.634. The lowest BCUT2D eigenvalue weighted by Gasteiger charge is -2.19. The summed E-state index contributed by atoms with van der Waals surface area (Å²) in [6.45, 7) is 3.41. The number of nitrogens with one attached hydrogen (secondary N) is 1. The highest BCUT2D eigenvalue weighted by molar-refractivity contribution is 5.95. The second kappa shape index (κ2) is 6.21. The molecule has 1 rings (SSSR count). The number of amides is 1. The van der Waals surface area contributed by atoms with Crippen LogP contribution in [0.15, 0.2) is 12.3 Å². The maximum absolute atomic E-state index is 13.3. The lowest BCUT2D eigenvalue weighted by Crippen LogP contribution is -2.45. The minimum absolute atomic E-state index is 0.329. The highest BCUT2D eigenvalue weighted by Crippen LogP contribution is 2.10. The quantitative estimate of drug-likeness (QED) is 0.853. The molecule has 0 saturated heterocycles. The maximum Gasteiger partial charge on any atom is 0.326 e. The largest absolute Gasteiger partial charge is 0.480 e. The molecule has 104 valence electrons. The zero-order chi connectivity index (χ0) is 14.6. The van der Waals surface area contributed by atoms with E-state index in [0.29, 0.717) is 18.7 Å². The molecule has 1 aromatic heterocycles. The summed E-state index contributed by atoms with van der Waals surface area (Å²) >= 11 is 0. The van der Waals surface area contributed by atoms with Crippen LogP contribution in [0.25, 0.3) is 0 Å². The van der Waals surface area contributed by atoms with Crippen molar-refractivity contribution in [2.45, 2.75) is 26.3 Å². The summed E-state index contributed by atoms with van der Waals surface area (Å²) < 4.78 is 26.0. The van der Waals surface area contributed by atoms with Crippen molar-refractivity contribution < 1.29 is 23.5 Å². The molecule has 0 aliphatic heterocycles. The van der Waals surface area contributed by atoms with Crippen molar-refractivity contribution in [3.05, 3.63) is 29.6 Å². The minimum Gasteiger partial charge on any atom is -0.480 e. The van der Waals surface area contributed by atoms with E-state index in [0.717, 1.165) is 0 Å². The van der Waals surface area contributed by atoms with Gasteiger partial charge in [0.1, 0.15) is 11.9 Å². The van der Waals surface area contributed by atoms with Gasteiger partial charge in [0.15, 0.2) is 11.5 Å². The van der Waals surface area contributed by atoms with Gasteiger partial charge in [-0.25, -0.2) is 18.6 Å². The van der Waals surface area contributed by atoms with Crippen LogP contribution in [0.4, 0.5) is 8.78 Å². The van der Waals surface area contributed by atoms with E-state index in [-0.39, 0.29) is 5.92 Å². The first-order valence-corrected chi connectivity index (χ1v) is 5.71. The van der Waals surface area contributed by atoms with Crippen LogP contribution in [0.2, 0.25) is 0 Å². The van der Waals surface area contributed by atoms with E-state index in [2.05, 4.69) is 10.3 Å². The SMILES string of the molecule is CC[C@H](C)[C@H](NC(=O)c1ncc(F)cc1F)C(=O)O. The van der Waals surface area contributed by atoms with Crippen molar-refractivity contribution in [1.29, 1.82) is 0 Å². The molecule has 1 amide bonds. The van der Waals surface area contributed by atoms with Gasteiger partial charge < -0.3 is 10.4 Å². The van der Waals surface area contributed by atoms with Gasteiger partial charge in [-0.05, 0) is 5.92 Å². The number of carboxylic acid groups (broad SMARTS) is 1. The average Bonchev–Trinajstić information content (AvgIpc) is 2.34. The van der Waals surface area contributed by atoms with Crippen LogP contribution >= 0.6 is 0 Å². The van der Waals surface area contributed by atoms with E-state index < -0.39 is 35.2 Å². The number of aliphatic carboxylic acids is 1. The molecular formula is C12H14F2N2O3. The van der Waals surface area contributed by atoms with Gasteiger partial charge in [0, 0.05) is 6.07 Å². The molecule has 5 nitrogen and oxygen atoms in total. The number of rotatable bonds is 5. The molecule has 0 aromatic carbocycles. The predicted octanol–water partition coefficient (Wildman–Crippen LogP) is 1.59. The minimum atomic E-state index is -1.22. The van der Waals surface area contributed by atoms with Gasteiger partial charge in [-0.1, -0.05) is 20.3 Å². The number of pyridine rings is 1. The number of hydrogen-bond acceptors (Lipinski definition) is 3. The lowest BCUT2D eigenvalue weighted by atomic mass is 9.99. The summed E-state index contributed by atoms with van der Waals surface area (Å²) in [4.78, 5) is 26.0. The maximum atomic E-state index is 13.3. The normalized spacial score (nSPS) is 13.7. The molecule has 0 radical (unpaired) electrons. The number of carbonyl (C=O) groups is 2. The first-order chi connectivity index (χ1) is 8.86. The predicted molar refractivity (Wildman–Crippen MR) is 62.5 cm³/mol. The van der Waals surface area contributed by atoms with Crippen molar-refractivity contribution >= 4 is 11.9 Å². The molecule has 1 aromatic rings. The lowest BCUT2D eigenvalue weighted by molar-refractivity contribution is -0.140. The van der Waals surface area contributed by atoms with Gasteiger partial charge in [-0.3, -0.25) is 4.79 Å². The highest BCUT2D eigenvalue weighted by atomic mass is 19.1. The van der Waals surface area contributed by atoms with Gasteiger partial charge in [0.2, 0.25) is 0 Å². The molecule has 2 N–H and O–H groups in total. The van der Waals surface area contributed by atoms with Crippen LogP contribution in [0, 0.1) is 17.6 Å². The average molecular weight is 272 g/mol. The highest BCUT2D eigenvalue weighted by Gasteiger charge is 2.27. The smallest absolute Gasteiger partial charge is 0.326 e. The molecule has 0 fully saturated rings. The molecule has 2 atom stereocenters. The van der Waals surface area contributed by atoms with Gasteiger partial charge in [-0.15, -0.1) is 0 Å². The van der Waals surface area contributed by atoms with Crippen LogP contribution in [0.5, 0.6) is 0 Å². The number of aromatic nitrogens is 1. The molecule has 0 bridgehead atoms. The van der Waals surface area contributed by atoms with Crippen molar-refractivity contribution in [3.63, 3.8) is 0 Å². The fraction of sp³-hybridized carbons (Fsp3) is 0.417. The topological polar surface area (TPSA) is 79.3 Å². The Kier molecular flexibility index (Phi) is 4.91. The Hall–Kier alpha value is -2.05. The number of halogens is 2. The molecular weight excluding hydrogens is 258 g/mol. The molecule has 0 aliphatic carbocycles. The van der Waals surface area contributed by atoms with Crippen molar-refractivity contribution in [2.24, 2.45) is 5.92 Å². The summed E-state index contributed by atoms with van der Waals surface area (Å²) in [7, 11) is 0. The number of carbonyl (C=O) groups excluding carboxylic acids is 1. The van der Waals surface area contributed by atoms with E-state index in [1.54, 1.807) is 13.8 Å². The Morgan fingerprint density at radius 2 is 2.11 bits per heavy atom. The van der Waals surface area contributed by atoms with Crippen molar-refractivity contribution in [2.75, 3.05) is 0 Å². The Morgan fingerprint density at radius 3 is 2.58 bits per heavy atom. The Balaban J connectivity index is 2.91. The monoisotopic (exact) mass is 272 g/mol. The third-order valence-electron chi connectivity index (χ3n) is 2.79. The zero-order valence-electron chi connectivity index (χ0n) is 10.5. The Labute approximate surface area is 108 Å². The van der Waals surface area contributed by atoms with Gasteiger partial charge >= 0.3 is 5.97 Å². The number of carboxylic acids is 1. The molecule has 0 spiro atoms. The van der Waals surface area contributed by atoms with E-state index in [1.165, 1.54) is 0 Å². The van der Waals surface area contributed by atoms with Crippen molar-refractivity contribution in [3.8, 4) is 0 Å². The molecule has 0 saturated carbocycles. The van der Waals surface area contributed by atoms with E-state index in [1.807, 2.05) is 0 Å². The second-order valence-corrected chi connectivity index (χ2v) is 4.16. The van der Waals surface area contributed by atoms with Crippen molar-refractivity contribution in [1.82, 2.24) is 10.3 Å². The van der Waals surface area contributed by atoms with E-state index in [4.69, 9.17) is 5.11 Å². The van der Waals surface area contributed by atoms with Crippen LogP contribution in [0.1, 0.15) is 30.8 Å². The van der Waals surface area contributed by atoms with Crippen LogP contribution in [-0.4, -0.2) is 28.0 Å². The molecule has 1 heterocycles. The van der Waals surface area contributed by atoms with E-state index >= 15 is 0 Å². The molecule has 7 heteroatoms. The standard InChI is InChI=1S/C12H14F2N2O3/c1-3-6(2)9(12(18)19)16-11(17)10-8(14)4-7(13)5-15-10/h4-6,9H,3H2,1-2H3,(H,16,17)(H,18,19)/t6-,9-/m0/s1. The summed E-state index contributed by atoms with van der Waals surface area (Å²) in [5.74, 6) is -4.57. The fourth-order valence-corrected chi connectivity index (χ4v) is 1.47. The fourth-order valence-electron chi connectivity index (χ4n) is 1.47. The second-order valence-electron chi connectivity index (χ2n) is 4.16. The van der Waals surface area contributed by atoms with Gasteiger partial charge in [0.25, 0.3) is 5.91 Å². The Bertz CT molecular complexity index is 494. The summed E-state index contributed by atoms with van der Waals surface area (Å²) in [5, 5.41) is 11.2. The van der Waals surface area contributed by atoms with Gasteiger partial charge in [0.05, 0.1) is 6.20 Å². The zero-order valence-corrected chi connectivity index (χ0v) is 10.5. The van der Waals surface area contributed by atoms with Crippen LogP contribution < -0.4 is 5.32 Å².